The summed E-state index contributed by atoms with van der Waals surface area (Å²) in [7, 11) is -1.38. The van der Waals surface area contributed by atoms with Gasteiger partial charge in [-0.15, -0.1) is 11.3 Å². The molecule has 0 unspecified atom stereocenters. The van der Waals surface area contributed by atoms with Gasteiger partial charge in [0, 0.05) is 51.0 Å². The molecule has 0 saturated carbocycles. The molecular weight excluding hydrogens is 320 g/mol. The van der Waals surface area contributed by atoms with Crippen molar-refractivity contribution in [2.45, 2.75) is 17.7 Å². The molecule has 2 aromatic heterocycles. The van der Waals surface area contributed by atoms with Crippen molar-refractivity contribution in [3.63, 3.8) is 0 Å². The standard InChI is InChI=1S/C14H20N4O2S2/c1-12-13(10-15-16(12)2)11-17-5-7-18(8-6-17)22(19,20)14-4-3-9-21-14/h3-4,9-10H,5-8,11H2,1-2H3. The second-order valence-corrected chi connectivity index (χ2v) is 8.60. The summed E-state index contributed by atoms with van der Waals surface area (Å²) in [4.78, 5) is 2.28. The second kappa shape index (κ2) is 6.11. The molecule has 6 nitrogen and oxygen atoms in total. The number of aromatic nitrogens is 2. The first-order valence-electron chi connectivity index (χ1n) is 7.22. The number of hydrogen-bond acceptors (Lipinski definition) is 5. The molecule has 1 aliphatic heterocycles. The average molecular weight is 340 g/mol. The molecule has 120 valence electrons. The molecule has 0 aromatic carbocycles. The van der Waals surface area contributed by atoms with Crippen LogP contribution in [0.15, 0.2) is 27.9 Å². The zero-order valence-electron chi connectivity index (χ0n) is 12.8. The van der Waals surface area contributed by atoms with Gasteiger partial charge < -0.3 is 0 Å². The summed E-state index contributed by atoms with van der Waals surface area (Å²) in [5.74, 6) is 0. The Hall–Kier alpha value is -1.22. The molecule has 0 aliphatic carbocycles. The van der Waals surface area contributed by atoms with E-state index in [0.29, 0.717) is 17.3 Å². The summed E-state index contributed by atoms with van der Waals surface area (Å²) in [6.45, 7) is 5.46. The number of sulfonamides is 1. The van der Waals surface area contributed by atoms with Crippen molar-refractivity contribution in [1.29, 1.82) is 0 Å². The zero-order valence-corrected chi connectivity index (χ0v) is 14.4. The Balaban J connectivity index is 1.62. The first-order valence-corrected chi connectivity index (χ1v) is 9.54. The molecule has 1 aliphatic rings. The highest BCUT2D eigenvalue weighted by Crippen LogP contribution is 2.22. The molecule has 0 amide bonds. The highest BCUT2D eigenvalue weighted by Gasteiger charge is 2.29. The second-order valence-electron chi connectivity index (χ2n) is 5.49. The van der Waals surface area contributed by atoms with Crippen LogP contribution in [-0.4, -0.2) is 53.6 Å². The fraction of sp³-hybridized carbons (Fsp3) is 0.500. The average Bonchev–Trinajstić information content (AvgIpc) is 3.14. The van der Waals surface area contributed by atoms with Crippen LogP contribution in [0.5, 0.6) is 0 Å². The normalized spacial score (nSPS) is 17.9. The third kappa shape index (κ3) is 2.96. The van der Waals surface area contributed by atoms with E-state index < -0.39 is 10.0 Å². The van der Waals surface area contributed by atoms with Gasteiger partial charge in [-0.25, -0.2) is 8.42 Å². The van der Waals surface area contributed by atoms with Crippen LogP contribution in [0.25, 0.3) is 0 Å². The smallest absolute Gasteiger partial charge is 0.252 e. The van der Waals surface area contributed by atoms with Gasteiger partial charge in [0.05, 0.1) is 6.20 Å². The first kappa shape index (κ1) is 15.7. The Labute approximate surface area is 135 Å². The fourth-order valence-electron chi connectivity index (χ4n) is 2.61. The molecule has 22 heavy (non-hydrogen) atoms. The summed E-state index contributed by atoms with van der Waals surface area (Å²) in [6, 6.07) is 3.45. The minimum Gasteiger partial charge on any atom is -0.296 e. The third-order valence-corrected chi connectivity index (χ3v) is 7.42. The molecule has 0 atom stereocenters. The number of piperazine rings is 1. The predicted molar refractivity (Wildman–Crippen MR) is 86.3 cm³/mol. The fourth-order valence-corrected chi connectivity index (χ4v) is 5.17. The van der Waals surface area contributed by atoms with E-state index in [1.54, 1.807) is 21.8 Å². The van der Waals surface area contributed by atoms with Crippen molar-refractivity contribution < 1.29 is 8.42 Å². The molecule has 0 bridgehead atoms. The topological polar surface area (TPSA) is 58.4 Å². The largest absolute Gasteiger partial charge is 0.296 e. The maximum Gasteiger partial charge on any atom is 0.252 e. The Kier molecular flexibility index (Phi) is 4.35. The number of thiophene rings is 1. The SMILES string of the molecule is Cc1c(CN2CCN(S(=O)(=O)c3cccs3)CC2)cnn1C. The highest BCUT2D eigenvalue weighted by molar-refractivity contribution is 7.91. The third-order valence-electron chi connectivity index (χ3n) is 4.15. The molecule has 0 spiro atoms. The van der Waals surface area contributed by atoms with Crippen LogP contribution in [0.2, 0.25) is 0 Å². The monoisotopic (exact) mass is 340 g/mol. The molecule has 0 radical (unpaired) electrons. The Bertz CT molecular complexity index is 729. The predicted octanol–water partition coefficient (Wildman–Crippen LogP) is 1.30. The van der Waals surface area contributed by atoms with Crippen LogP contribution in [0, 0.1) is 6.92 Å². The van der Waals surface area contributed by atoms with Crippen LogP contribution in [-0.2, 0) is 23.6 Å². The van der Waals surface area contributed by atoms with Gasteiger partial charge in [0.25, 0.3) is 10.0 Å². The van der Waals surface area contributed by atoms with Crippen molar-refractivity contribution >= 4 is 21.4 Å². The number of rotatable bonds is 4. The molecule has 3 heterocycles. The van der Waals surface area contributed by atoms with E-state index in [2.05, 4.69) is 16.9 Å². The number of nitrogens with zero attached hydrogens (tertiary/aromatic N) is 4. The van der Waals surface area contributed by atoms with Crippen molar-refractivity contribution in [2.75, 3.05) is 26.2 Å². The molecule has 0 N–H and O–H groups in total. The number of aryl methyl sites for hydroxylation is 1. The summed E-state index contributed by atoms with van der Waals surface area (Å²) in [5.41, 5.74) is 2.37. The van der Waals surface area contributed by atoms with Gasteiger partial charge in [-0.3, -0.25) is 9.58 Å². The van der Waals surface area contributed by atoms with E-state index in [9.17, 15) is 8.42 Å². The van der Waals surface area contributed by atoms with E-state index in [0.717, 1.165) is 25.3 Å². The van der Waals surface area contributed by atoms with E-state index in [1.807, 2.05) is 17.9 Å². The molecule has 1 fully saturated rings. The van der Waals surface area contributed by atoms with Gasteiger partial charge in [0.2, 0.25) is 0 Å². The van der Waals surface area contributed by atoms with Crippen molar-refractivity contribution in [2.24, 2.45) is 7.05 Å². The van der Waals surface area contributed by atoms with Gasteiger partial charge in [-0.05, 0) is 18.4 Å². The lowest BCUT2D eigenvalue weighted by molar-refractivity contribution is 0.181. The molecule has 2 aromatic rings. The number of hydrogen-bond donors (Lipinski definition) is 0. The molecule has 8 heteroatoms. The van der Waals surface area contributed by atoms with Gasteiger partial charge >= 0.3 is 0 Å². The van der Waals surface area contributed by atoms with Gasteiger partial charge in [-0.2, -0.15) is 9.40 Å². The van der Waals surface area contributed by atoms with Gasteiger partial charge in [0.1, 0.15) is 4.21 Å². The molecular formula is C14H20N4O2S2. The summed E-state index contributed by atoms with van der Waals surface area (Å²) >= 11 is 1.28. The Morgan fingerprint density at radius 2 is 2.00 bits per heavy atom. The molecule has 1 saturated heterocycles. The lowest BCUT2D eigenvalue weighted by Gasteiger charge is -2.33. The van der Waals surface area contributed by atoms with Crippen LogP contribution >= 0.6 is 11.3 Å². The quantitative estimate of drug-likeness (QED) is 0.842. The van der Waals surface area contributed by atoms with Crippen molar-refractivity contribution in [1.82, 2.24) is 19.0 Å². The first-order chi connectivity index (χ1) is 10.5. The van der Waals surface area contributed by atoms with E-state index in [4.69, 9.17) is 0 Å². The van der Waals surface area contributed by atoms with Gasteiger partial charge in [-0.1, -0.05) is 6.07 Å². The van der Waals surface area contributed by atoms with Crippen molar-refractivity contribution in [3.8, 4) is 0 Å². The zero-order chi connectivity index (χ0) is 15.7. The van der Waals surface area contributed by atoms with E-state index in [1.165, 1.54) is 16.9 Å². The maximum atomic E-state index is 12.5. The van der Waals surface area contributed by atoms with Crippen LogP contribution in [0.4, 0.5) is 0 Å². The Morgan fingerprint density at radius 3 is 2.55 bits per heavy atom. The van der Waals surface area contributed by atoms with Gasteiger partial charge in [0.15, 0.2) is 0 Å². The summed E-state index contributed by atoms with van der Waals surface area (Å²) in [6.07, 6.45) is 1.89. The minimum absolute atomic E-state index is 0.434. The highest BCUT2D eigenvalue weighted by atomic mass is 32.2. The van der Waals surface area contributed by atoms with E-state index >= 15 is 0 Å². The minimum atomic E-state index is -3.31. The van der Waals surface area contributed by atoms with Crippen LogP contribution < -0.4 is 0 Å². The van der Waals surface area contributed by atoms with Crippen LogP contribution in [0.1, 0.15) is 11.3 Å². The molecule has 3 rings (SSSR count). The maximum absolute atomic E-state index is 12.5. The summed E-state index contributed by atoms with van der Waals surface area (Å²) < 4.78 is 28.8. The lowest BCUT2D eigenvalue weighted by Crippen LogP contribution is -2.48. The van der Waals surface area contributed by atoms with Crippen molar-refractivity contribution in [3.05, 3.63) is 35.0 Å². The summed E-state index contributed by atoms with van der Waals surface area (Å²) in [5, 5.41) is 6.05. The lowest BCUT2D eigenvalue weighted by atomic mass is 10.2. The Morgan fingerprint density at radius 1 is 1.27 bits per heavy atom. The van der Waals surface area contributed by atoms with E-state index in [-0.39, 0.29) is 0 Å². The van der Waals surface area contributed by atoms with Crippen LogP contribution in [0.3, 0.4) is 0 Å².